The number of unbranched alkanes of at least 4 members (excludes halogenated alkanes) is 1. The topological polar surface area (TPSA) is 175 Å². The zero-order valence-electron chi connectivity index (χ0n) is 23.9. The van der Waals surface area contributed by atoms with E-state index in [1.54, 1.807) is 88.4 Å². The molecule has 2 aromatic carbocycles. The van der Waals surface area contributed by atoms with E-state index < -0.39 is 45.2 Å². The molecule has 0 heterocycles. The van der Waals surface area contributed by atoms with E-state index in [0.717, 1.165) is 0 Å². The maximum absolute atomic E-state index is 13.0. The Balaban J connectivity index is 1.94. The lowest BCUT2D eigenvalue weighted by molar-refractivity contribution is -0.127. The van der Waals surface area contributed by atoms with Crippen LogP contribution in [-0.4, -0.2) is 45.2 Å². The zero-order valence-corrected chi connectivity index (χ0v) is 25.6. The summed E-state index contributed by atoms with van der Waals surface area (Å²) in [6, 6.07) is 15.3. The second-order valence-corrected chi connectivity index (χ2v) is 13.2. The van der Waals surface area contributed by atoms with Crippen molar-refractivity contribution in [1.29, 1.82) is 0 Å². The van der Waals surface area contributed by atoms with E-state index in [1.165, 1.54) is 0 Å². The van der Waals surface area contributed by atoms with Crippen molar-refractivity contribution >= 4 is 58.9 Å². The largest absolute Gasteiger partial charge is 0.343 e. The number of para-hydroxylation sites is 2. The van der Waals surface area contributed by atoms with Gasteiger partial charge in [-0.3, -0.25) is 19.2 Å². The van der Waals surface area contributed by atoms with Crippen molar-refractivity contribution in [3.63, 3.8) is 0 Å². The molecule has 2 atom stereocenters. The Hall–Kier alpha value is -3.78. The van der Waals surface area contributed by atoms with Crippen molar-refractivity contribution in [2.24, 2.45) is 9.16 Å². The number of carbonyl (C=O) groups excluding carboxylic acids is 4. The third-order valence-corrected chi connectivity index (χ3v) is 7.77. The smallest absolute Gasteiger partial charge is 0.248 e. The van der Waals surface area contributed by atoms with E-state index in [2.05, 4.69) is 30.4 Å². The molecule has 0 radical (unpaired) electrons. The van der Waals surface area contributed by atoms with Crippen LogP contribution in [0.4, 0.5) is 11.4 Å². The number of nitrogens with zero attached hydrogens (tertiary/aromatic N) is 2. The Morgan fingerprint density at radius 1 is 0.643 bits per heavy atom. The van der Waals surface area contributed by atoms with Gasteiger partial charge in [-0.2, -0.15) is 0 Å². The van der Waals surface area contributed by atoms with Gasteiger partial charge in [-0.15, -0.1) is 9.81 Å². The summed E-state index contributed by atoms with van der Waals surface area (Å²) < 4.78 is 3.62. The average molecular weight is 617 g/mol. The molecule has 14 heteroatoms. The van der Waals surface area contributed by atoms with Crippen molar-refractivity contribution < 1.29 is 19.2 Å². The maximum Gasteiger partial charge on any atom is 0.248 e. The van der Waals surface area contributed by atoms with Crippen LogP contribution in [0.1, 0.15) is 53.4 Å². The number of nitroso groups, excluding NO2 is 2. The van der Waals surface area contributed by atoms with Crippen molar-refractivity contribution in [2.75, 3.05) is 10.6 Å². The molecule has 2 unspecified atom stereocenters. The van der Waals surface area contributed by atoms with Crippen LogP contribution < -0.4 is 21.3 Å². The number of hydrogen-bond donors (Lipinski definition) is 4. The minimum Gasteiger partial charge on any atom is -0.343 e. The first-order valence-corrected chi connectivity index (χ1v) is 14.8. The summed E-state index contributed by atoms with van der Waals surface area (Å²) in [6.45, 7) is 6.51. The molecule has 0 aliphatic carbocycles. The number of amides is 4. The van der Waals surface area contributed by atoms with Gasteiger partial charge in [0.1, 0.15) is 12.1 Å². The molecule has 12 nitrogen and oxygen atoms in total. The number of carbonyl (C=O) groups is 4. The van der Waals surface area contributed by atoms with Crippen LogP contribution in [0.2, 0.25) is 0 Å². The minimum absolute atomic E-state index is 0.0198. The third-order valence-electron chi connectivity index (χ3n) is 6.21. The van der Waals surface area contributed by atoms with Crippen LogP contribution in [0.25, 0.3) is 0 Å². The zero-order chi connectivity index (χ0) is 31.2. The molecule has 0 bridgehead atoms. The van der Waals surface area contributed by atoms with E-state index >= 15 is 0 Å². The van der Waals surface area contributed by atoms with Gasteiger partial charge < -0.3 is 21.3 Å². The van der Waals surface area contributed by atoms with Gasteiger partial charge in [0, 0.05) is 57.3 Å². The molecule has 4 amide bonds. The molecular formula is C28H36N6O6S2. The summed E-state index contributed by atoms with van der Waals surface area (Å²) in [5.74, 6) is -1.86. The van der Waals surface area contributed by atoms with Gasteiger partial charge in [0.25, 0.3) is 0 Å². The Kier molecular flexibility index (Phi) is 13.6. The first-order chi connectivity index (χ1) is 19.9. The lowest BCUT2D eigenvalue weighted by atomic mass is 10.0. The molecule has 2 aromatic rings. The Morgan fingerprint density at radius 2 is 0.976 bits per heavy atom. The fraction of sp³-hybridized carbons (Fsp3) is 0.429. The summed E-state index contributed by atoms with van der Waals surface area (Å²) in [5.41, 5.74) is 1.07. The Morgan fingerprint density at radius 3 is 1.29 bits per heavy atom. The first-order valence-electron chi connectivity index (χ1n) is 13.2. The van der Waals surface area contributed by atoms with Crippen LogP contribution in [-0.2, 0) is 19.2 Å². The third kappa shape index (κ3) is 11.2. The molecule has 0 aromatic heterocycles. The Bertz CT molecular complexity index is 1130. The fourth-order valence-corrected chi connectivity index (χ4v) is 4.84. The minimum atomic E-state index is -1.06. The maximum atomic E-state index is 13.0. The van der Waals surface area contributed by atoms with Gasteiger partial charge in [-0.1, -0.05) is 36.4 Å². The predicted molar refractivity (Wildman–Crippen MR) is 167 cm³/mol. The molecule has 42 heavy (non-hydrogen) atoms. The number of hydrogen-bond acceptors (Lipinski definition) is 10. The van der Waals surface area contributed by atoms with E-state index in [1.807, 2.05) is 0 Å². The molecular weight excluding hydrogens is 580 g/mol. The standard InChI is InChI=1S/C28H36N6O6S2/c1-27(2,41-33-39)23(25(37)29-19-13-7-5-8-14-19)31-21(35)17-11-12-18-22(36)32-24(28(3,4)42-34-40)26(38)30-20-15-9-6-10-16-20/h5-10,13-16,23-24H,11-12,17-18H2,1-4H3,(H,29,37)(H,30,38)(H,31,35)(H,32,36). The molecule has 0 saturated carbocycles. The number of rotatable bonds is 17. The van der Waals surface area contributed by atoms with Gasteiger partial charge in [0.05, 0.1) is 9.49 Å². The SMILES string of the molecule is CC(C)(SN=O)C(NC(=O)CCCCC(=O)NC(C(=O)Nc1ccccc1)C(C)(C)SN=O)C(=O)Nc1ccccc1. The summed E-state index contributed by atoms with van der Waals surface area (Å²) in [5, 5.41) is 10.8. The highest BCUT2D eigenvalue weighted by atomic mass is 32.2. The van der Waals surface area contributed by atoms with Gasteiger partial charge in [0.15, 0.2) is 0 Å². The van der Waals surface area contributed by atoms with Gasteiger partial charge in [-0.25, -0.2) is 0 Å². The highest BCUT2D eigenvalue weighted by Crippen LogP contribution is 2.31. The van der Waals surface area contributed by atoms with Crippen LogP contribution in [0.3, 0.4) is 0 Å². The Labute approximate surface area is 253 Å². The average Bonchev–Trinajstić information content (AvgIpc) is 2.93. The number of nitrogens with one attached hydrogen (secondary N) is 4. The summed E-state index contributed by atoms with van der Waals surface area (Å²) >= 11 is 1.30. The number of benzene rings is 2. The molecule has 0 spiro atoms. The van der Waals surface area contributed by atoms with Gasteiger partial charge in [0.2, 0.25) is 23.6 Å². The highest BCUT2D eigenvalue weighted by Gasteiger charge is 2.39. The monoisotopic (exact) mass is 616 g/mol. The molecule has 0 aliphatic rings. The molecule has 2 rings (SSSR count). The quantitative estimate of drug-likeness (QED) is 0.107. The van der Waals surface area contributed by atoms with Crippen LogP contribution in [0, 0.1) is 9.81 Å². The highest BCUT2D eigenvalue weighted by molar-refractivity contribution is 7.99. The van der Waals surface area contributed by atoms with Crippen LogP contribution in [0.5, 0.6) is 0 Å². The molecule has 0 saturated heterocycles. The van der Waals surface area contributed by atoms with Gasteiger partial charge >= 0.3 is 0 Å². The second-order valence-electron chi connectivity index (χ2n) is 10.5. The summed E-state index contributed by atoms with van der Waals surface area (Å²) in [7, 11) is 0. The van der Waals surface area contributed by atoms with Crippen molar-refractivity contribution in [1.82, 2.24) is 10.6 Å². The molecule has 0 aliphatic heterocycles. The molecule has 0 fully saturated rings. The van der Waals surface area contributed by atoms with Crippen molar-refractivity contribution in [3.05, 3.63) is 70.5 Å². The van der Waals surface area contributed by atoms with E-state index in [4.69, 9.17) is 0 Å². The lowest BCUT2D eigenvalue weighted by Crippen LogP contribution is -2.54. The predicted octanol–water partition coefficient (Wildman–Crippen LogP) is 5.18. The van der Waals surface area contributed by atoms with Gasteiger partial charge in [-0.05, 0) is 64.8 Å². The first kappa shape index (κ1) is 34.4. The van der Waals surface area contributed by atoms with Crippen molar-refractivity contribution in [3.8, 4) is 0 Å². The fourth-order valence-electron chi connectivity index (χ4n) is 3.92. The number of anilines is 2. The normalized spacial score (nSPS) is 12.8. The lowest BCUT2D eigenvalue weighted by Gasteiger charge is -2.30. The second kappa shape index (κ2) is 16.6. The summed E-state index contributed by atoms with van der Waals surface area (Å²) in [4.78, 5) is 73.4. The van der Waals surface area contributed by atoms with E-state index in [-0.39, 0.29) is 12.8 Å². The molecule has 226 valence electrons. The van der Waals surface area contributed by atoms with Crippen LogP contribution >= 0.6 is 23.9 Å². The van der Waals surface area contributed by atoms with E-state index in [0.29, 0.717) is 48.1 Å². The van der Waals surface area contributed by atoms with Crippen LogP contribution in [0.15, 0.2) is 69.8 Å². The van der Waals surface area contributed by atoms with Crippen molar-refractivity contribution in [2.45, 2.75) is 75.0 Å². The summed E-state index contributed by atoms with van der Waals surface area (Å²) in [6.07, 6.45) is 0.680. The molecule has 4 N–H and O–H groups in total. The van der Waals surface area contributed by atoms with E-state index in [9.17, 15) is 29.0 Å².